The van der Waals surface area contributed by atoms with Gasteiger partial charge in [0.2, 0.25) is 0 Å². The lowest BCUT2D eigenvalue weighted by atomic mass is 10.2. The Hall–Kier alpha value is -2.88. The average Bonchev–Trinajstić information content (AvgIpc) is 2.69. The summed E-state index contributed by atoms with van der Waals surface area (Å²) < 4.78 is 0. The average molecular weight is 332 g/mol. The van der Waals surface area contributed by atoms with Crippen molar-refractivity contribution in [1.82, 2.24) is 9.97 Å². The van der Waals surface area contributed by atoms with Crippen LogP contribution in [0.15, 0.2) is 73.1 Å². The summed E-state index contributed by atoms with van der Waals surface area (Å²) in [5.74, 6) is 1.87. The second kappa shape index (κ2) is 8.29. The fraction of sp³-hybridized carbons (Fsp3) is 0.238. The predicted molar refractivity (Wildman–Crippen MR) is 104 cm³/mol. The molecule has 25 heavy (non-hydrogen) atoms. The zero-order chi connectivity index (χ0) is 17.5. The number of hydrogen-bond acceptors (Lipinski definition) is 4. The van der Waals surface area contributed by atoms with Gasteiger partial charge in [0.15, 0.2) is 0 Å². The van der Waals surface area contributed by atoms with Crippen LogP contribution in [0.25, 0.3) is 0 Å². The van der Waals surface area contributed by atoms with Gasteiger partial charge in [-0.25, -0.2) is 9.97 Å². The summed E-state index contributed by atoms with van der Waals surface area (Å²) in [5, 5.41) is 0. The van der Waals surface area contributed by atoms with Crippen LogP contribution in [0.4, 0.5) is 17.3 Å². The summed E-state index contributed by atoms with van der Waals surface area (Å²) in [6.07, 6.45) is 1.66. The quantitative estimate of drug-likeness (QED) is 0.630. The van der Waals surface area contributed by atoms with Crippen LogP contribution in [0, 0.1) is 0 Å². The van der Waals surface area contributed by atoms with Crippen LogP contribution >= 0.6 is 0 Å². The van der Waals surface area contributed by atoms with E-state index in [2.05, 4.69) is 76.1 Å². The molecule has 1 heterocycles. The van der Waals surface area contributed by atoms with Gasteiger partial charge in [0.25, 0.3) is 0 Å². The molecule has 128 valence electrons. The minimum absolute atomic E-state index is 0.839. The summed E-state index contributed by atoms with van der Waals surface area (Å²) in [4.78, 5) is 13.5. The van der Waals surface area contributed by atoms with E-state index in [4.69, 9.17) is 0 Å². The van der Waals surface area contributed by atoms with Crippen molar-refractivity contribution in [3.63, 3.8) is 0 Å². The van der Waals surface area contributed by atoms with Crippen molar-refractivity contribution in [2.45, 2.75) is 20.4 Å². The summed E-state index contributed by atoms with van der Waals surface area (Å²) in [6.45, 7) is 6.87. The van der Waals surface area contributed by atoms with Crippen LogP contribution in [-0.2, 0) is 6.54 Å². The van der Waals surface area contributed by atoms with Crippen molar-refractivity contribution in [3.8, 4) is 0 Å². The van der Waals surface area contributed by atoms with Crippen LogP contribution in [0.2, 0.25) is 0 Å². The zero-order valence-electron chi connectivity index (χ0n) is 14.8. The third kappa shape index (κ3) is 4.15. The molecule has 0 unspecified atom stereocenters. The molecule has 0 bridgehead atoms. The molecular formula is C21H24N4. The SMILES string of the molecule is CCN(Cc1ccccc1)c1cc(N(CC)c2ccccc2)ncn1. The second-order valence-electron chi connectivity index (χ2n) is 5.81. The molecule has 0 saturated carbocycles. The van der Waals surface area contributed by atoms with Crippen LogP contribution in [-0.4, -0.2) is 23.1 Å². The van der Waals surface area contributed by atoms with Crippen molar-refractivity contribution in [3.05, 3.63) is 78.6 Å². The molecule has 4 heteroatoms. The van der Waals surface area contributed by atoms with Gasteiger partial charge < -0.3 is 9.80 Å². The molecule has 0 fully saturated rings. The van der Waals surface area contributed by atoms with E-state index in [1.807, 2.05) is 24.3 Å². The first-order chi connectivity index (χ1) is 12.3. The number of para-hydroxylation sites is 1. The minimum Gasteiger partial charge on any atom is -0.352 e. The maximum absolute atomic E-state index is 4.51. The fourth-order valence-electron chi connectivity index (χ4n) is 2.90. The van der Waals surface area contributed by atoms with Gasteiger partial charge in [-0.05, 0) is 31.5 Å². The number of anilines is 3. The van der Waals surface area contributed by atoms with E-state index in [1.165, 1.54) is 5.56 Å². The van der Waals surface area contributed by atoms with Crippen LogP contribution in [0.1, 0.15) is 19.4 Å². The molecule has 0 atom stereocenters. The lowest BCUT2D eigenvalue weighted by Crippen LogP contribution is -2.24. The molecule has 1 aromatic heterocycles. The van der Waals surface area contributed by atoms with Crippen molar-refractivity contribution in [1.29, 1.82) is 0 Å². The Morgan fingerprint density at radius 3 is 2.04 bits per heavy atom. The van der Waals surface area contributed by atoms with E-state index in [0.717, 1.165) is 37.0 Å². The normalized spacial score (nSPS) is 10.5. The van der Waals surface area contributed by atoms with E-state index >= 15 is 0 Å². The number of hydrogen-bond donors (Lipinski definition) is 0. The second-order valence-corrected chi connectivity index (χ2v) is 5.81. The molecular weight excluding hydrogens is 308 g/mol. The Kier molecular flexibility index (Phi) is 5.62. The van der Waals surface area contributed by atoms with E-state index in [1.54, 1.807) is 6.33 Å². The highest BCUT2D eigenvalue weighted by atomic mass is 15.2. The third-order valence-corrected chi connectivity index (χ3v) is 4.22. The van der Waals surface area contributed by atoms with Crippen molar-refractivity contribution >= 4 is 17.3 Å². The van der Waals surface area contributed by atoms with E-state index in [-0.39, 0.29) is 0 Å². The maximum Gasteiger partial charge on any atom is 0.138 e. The molecule has 3 aromatic rings. The first-order valence-electron chi connectivity index (χ1n) is 8.75. The van der Waals surface area contributed by atoms with Gasteiger partial charge in [-0.15, -0.1) is 0 Å². The molecule has 0 amide bonds. The van der Waals surface area contributed by atoms with E-state index < -0.39 is 0 Å². The zero-order valence-corrected chi connectivity index (χ0v) is 14.8. The van der Waals surface area contributed by atoms with Gasteiger partial charge in [-0.1, -0.05) is 48.5 Å². The Morgan fingerprint density at radius 2 is 1.40 bits per heavy atom. The smallest absolute Gasteiger partial charge is 0.138 e. The van der Waals surface area contributed by atoms with Gasteiger partial charge >= 0.3 is 0 Å². The lowest BCUT2D eigenvalue weighted by Gasteiger charge is -2.25. The number of rotatable bonds is 7. The molecule has 0 spiro atoms. The van der Waals surface area contributed by atoms with E-state index in [9.17, 15) is 0 Å². The molecule has 0 aliphatic carbocycles. The summed E-state index contributed by atoms with van der Waals surface area (Å²) in [6, 6.07) is 22.9. The summed E-state index contributed by atoms with van der Waals surface area (Å²) in [5.41, 5.74) is 2.42. The number of benzene rings is 2. The molecule has 4 nitrogen and oxygen atoms in total. The largest absolute Gasteiger partial charge is 0.352 e. The third-order valence-electron chi connectivity index (χ3n) is 4.22. The molecule has 0 aliphatic rings. The molecule has 0 aliphatic heterocycles. The van der Waals surface area contributed by atoms with Crippen molar-refractivity contribution in [2.75, 3.05) is 22.9 Å². The van der Waals surface area contributed by atoms with E-state index in [0.29, 0.717) is 0 Å². The summed E-state index contributed by atoms with van der Waals surface area (Å²) >= 11 is 0. The van der Waals surface area contributed by atoms with Crippen LogP contribution in [0.3, 0.4) is 0 Å². The van der Waals surface area contributed by atoms with Gasteiger partial charge in [0.1, 0.15) is 18.0 Å². The monoisotopic (exact) mass is 332 g/mol. The highest BCUT2D eigenvalue weighted by molar-refractivity contribution is 5.62. The van der Waals surface area contributed by atoms with Crippen LogP contribution < -0.4 is 9.80 Å². The summed E-state index contributed by atoms with van der Waals surface area (Å²) in [7, 11) is 0. The molecule has 3 rings (SSSR count). The van der Waals surface area contributed by atoms with Crippen molar-refractivity contribution < 1.29 is 0 Å². The topological polar surface area (TPSA) is 32.3 Å². The Morgan fingerprint density at radius 1 is 0.760 bits per heavy atom. The Labute approximate surface area is 149 Å². The van der Waals surface area contributed by atoms with Gasteiger partial charge in [0.05, 0.1) is 0 Å². The minimum atomic E-state index is 0.839. The Bertz CT molecular complexity index is 774. The first kappa shape index (κ1) is 17.0. The molecule has 0 N–H and O–H groups in total. The van der Waals surface area contributed by atoms with Crippen molar-refractivity contribution in [2.24, 2.45) is 0 Å². The highest BCUT2D eigenvalue weighted by Gasteiger charge is 2.12. The standard InChI is InChI=1S/C21H24N4/c1-3-24(16-18-11-7-5-8-12-18)20-15-21(23-17-22-20)25(4-2)19-13-9-6-10-14-19/h5-15,17H,3-4,16H2,1-2H3. The van der Waals surface area contributed by atoms with Gasteiger partial charge in [-0.3, -0.25) is 0 Å². The number of aromatic nitrogens is 2. The first-order valence-corrected chi connectivity index (χ1v) is 8.75. The maximum atomic E-state index is 4.51. The van der Waals surface area contributed by atoms with Crippen LogP contribution in [0.5, 0.6) is 0 Å². The molecule has 0 radical (unpaired) electrons. The predicted octanol–water partition coefficient (Wildman–Crippen LogP) is 4.66. The molecule has 2 aromatic carbocycles. The number of nitrogens with zero attached hydrogens (tertiary/aromatic N) is 4. The fourth-order valence-corrected chi connectivity index (χ4v) is 2.90. The molecule has 0 saturated heterocycles. The highest BCUT2D eigenvalue weighted by Crippen LogP contribution is 2.25. The Balaban J connectivity index is 1.86. The lowest BCUT2D eigenvalue weighted by molar-refractivity contribution is 0.808. The van der Waals surface area contributed by atoms with Gasteiger partial charge in [-0.2, -0.15) is 0 Å². The van der Waals surface area contributed by atoms with Gasteiger partial charge in [0, 0.05) is 31.4 Å².